The largest absolute Gasteiger partial charge is 0.271 e. The summed E-state index contributed by atoms with van der Waals surface area (Å²) in [6, 6.07) is 14.7. The third kappa shape index (κ3) is 4.78. The van der Waals surface area contributed by atoms with E-state index in [2.05, 4.69) is 10.5 Å². The highest BCUT2D eigenvalue weighted by molar-refractivity contribution is 7.92. The Bertz CT molecular complexity index is 929. The third-order valence-electron chi connectivity index (χ3n) is 4.89. The summed E-state index contributed by atoms with van der Waals surface area (Å²) in [4.78, 5) is 12.5. The van der Waals surface area contributed by atoms with Gasteiger partial charge in [-0.1, -0.05) is 31.0 Å². The summed E-state index contributed by atoms with van der Waals surface area (Å²) in [6.45, 7) is 0. The molecule has 0 saturated heterocycles. The van der Waals surface area contributed by atoms with E-state index in [4.69, 9.17) is 0 Å². The van der Waals surface area contributed by atoms with Gasteiger partial charge in [0.15, 0.2) is 0 Å². The van der Waals surface area contributed by atoms with Gasteiger partial charge in [-0.25, -0.2) is 13.8 Å². The van der Waals surface area contributed by atoms with Crippen LogP contribution in [-0.4, -0.2) is 27.1 Å². The van der Waals surface area contributed by atoms with Crippen LogP contribution in [0.3, 0.4) is 0 Å². The summed E-state index contributed by atoms with van der Waals surface area (Å²) in [6.07, 6.45) is 6.53. The molecule has 0 atom stereocenters. The highest BCUT2D eigenvalue weighted by atomic mass is 32.2. The molecular weight excluding hydrogens is 374 g/mol. The van der Waals surface area contributed by atoms with Gasteiger partial charge in [-0.3, -0.25) is 9.10 Å². The maximum absolute atomic E-state index is 12.7. The van der Waals surface area contributed by atoms with Gasteiger partial charge in [-0.05, 0) is 62.1 Å². The van der Waals surface area contributed by atoms with Crippen molar-refractivity contribution in [2.45, 2.75) is 43.4 Å². The van der Waals surface area contributed by atoms with Crippen molar-refractivity contribution >= 4 is 27.3 Å². The van der Waals surface area contributed by atoms with Gasteiger partial charge in [-0.2, -0.15) is 5.10 Å². The lowest BCUT2D eigenvalue weighted by atomic mass is 10.2. The SMILES string of the molecule is CN(c1ccc(C(=O)NN=C2CCCCCC2)cc1)S(=O)(=O)c1ccccc1. The molecule has 0 unspecified atom stereocenters. The number of nitrogens with one attached hydrogen (secondary N) is 1. The number of hydrogen-bond acceptors (Lipinski definition) is 4. The molecule has 3 rings (SSSR count). The van der Waals surface area contributed by atoms with Crippen LogP contribution in [0.5, 0.6) is 0 Å². The van der Waals surface area contributed by atoms with Crippen molar-refractivity contribution in [1.29, 1.82) is 0 Å². The number of hydrogen-bond donors (Lipinski definition) is 1. The van der Waals surface area contributed by atoms with E-state index in [9.17, 15) is 13.2 Å². The van der Waals surface area contributed by atoms with Gasteiger partial charge in [0.05, 0.1) is 10.6 Å². The van der Waals surface area contributed by atoms with Crippen molar-refractivity contribution in [2.75, 3.05) is 11.4 Å². The Hall–Kier alpha value is -2.67. The minimum absolute atomic E-state index is 0.221. The van der Waals surface area contributed by atoms with E-state index in [0.29, 0.717) is 11.3 Å². The summed E-state index contributed by atoms with van der Waals surface area (Å²) in [5.41, 5.74) is 4.58. The molecule has 0 bridgehead atoms. The zero-order valence-electron chi connectivity index (χ0n) is 16.0. The second-order valence-electron chi connectivity index (χ2n) is 6.87. The molecule has 0 aliphatic heterocycles. The third-order valence-corrected chi connectivity index (χ3v) is 6.69. The molecule has 0 spiro atoms. The van der Waals surface area contributed by atoms with Crippen LogP contribution in [0.15, 0.2) is 64.6 Å². The van der Waals surface area contributed by atoms with Crippen LogP contribution in [0.25, 0.3) is 0 Å². The molecule has 0 heterocycles. The number of sulfonamides is 1. The predicted molar refractivity (Wildman–Crippen MR) is 111 cm³/mol. The molecule has 1 aliphatic carbocycles. The number of carbonyl (C=O) groups excluding carboxylic acids is 1. The van der Waals surface area contributed by atoms with E-state index in [-0.39, 0.29) is 10.8 Å². The molecule has 1 aliphatic rings. The van der Waals surface area contributed by atoms with Gasteiger partial charge in [0.25, 0.3) is 15.9 Å². The maximum Gasteiger partial charge on any atom is 0.271 e. The first kappa shape index (κ1) is 20.1. The zero-order chi connectivity index (χ0) is 20.0. The number of amides is 1. The monoisotopic (exact) mass is 399 g/mol. The lowest BCUT2D eigenvalue weighted by Gasteiger charge is -2.19. The average Bonchev–Trinajstić information content (AvgIpc) is 3.01. The second kappa shape index (κ2) is 9.01. The fourth-order valence-corrected chi connectivity index (χ4v) is 4.37. The molecule has 2 aromatic carbocycles. The minimum Gasteiger partial charge on any atom is -0.269 e. The molecule has 2 aromatic rings. The van der Waals surface area contributed by atoms with Gasteiger partial charge in [0.2, 0.25) is 0 Å². The number of nitrogens with zero attached hydrogens (tertiary/aromatic N) is 2. The Morgan fingerprint density at radius 3 is 2.14 bits per heavy atom. The second-order valence-corrected chi connectivity index (χ2v) is 8.83. The lowest BCUT2D eigenvalue weighted by molar-refractivity contribution is 0.0954. The van der Waals surface area contributed by atoms with E-state index in [1.165, 1.54) is 24.2 Å². The topological polar surface area (TPSA) is 78.8 Å². The van der Waals surface area contributed by atoms with Crippen LogP contribution in [0, 0.1) is 0 Å². The summed E-state index contributed by atoms with van der Waals surface area (Å²) in [7, 11) is -2.15. The van der Waals surface area contributed by atoms with E-state index >= 15 is 0 Å². The Kier molecular flexibility index (Phi) is 6.46. The molecule has 0 aromatic heterocycles. The van der Waals surface area contributed by atoms with Crippen LogP contribution >= 0.6 is 0 Å². The molecule has 6 nitrogen and oxygen atoms in total. The number of benzene rings is 2. The van der Waals surface area contributed by atoms with Crippen molar-refractivity contribution in [2.24, 2.45) is 5.10 Å². The summed E-state index contributed by atoms with van der Waals surface area (Å²) in [5, 5.41) is 4.27. The normalized spacial score (nSPS) is 14.8. The van der Waals surface area contributed by atoms with Gasteiger partial charge in [0.1, 0.15) is 0 Å². The highest BCUT2D eigenvalue weighted by Crippen LogP contribution is 2.22. The standard InChI is InChI=1S/C21H25N3O3S/c1-24(28(26,27)20-11-7-4-8-12-20)19-15-13-17(14-16-19)21(25)23-22-18-9-5-2-3-6-10-18/h4,7-8,11-16H,2-3,5-6,9-10H2,1H3,(H,23,25). The van der Waals surface area contributed by atoms with Crippen LogP contribution in [0.1, 0.15) is 48.9 Å². The Morgan fingerprint density at radius 1 is 0.929 bits per heavy atom. The van der Waals surface area contributed by atoms with Crippen LogP contribution in [-0.2, 0) is 10.0 Å². The Morgan fingerprint density at radius 2 is 1.54 bits per heavy atom. The Labute approximate surface area is 166 Å². The van der Waals surface area contributed by atoms with E-state index in [0.717, 1.165) is 31.4 Å². The van der Waals surface area contributed by atoms with Crippen LogP contribution < -0.4 is 9.73 Å². The maximum atomic E-state index is 12.7. The number of rotatable bonds is 5. The smallest absolute Gasteiger partial charge is 0.269 e. The molecule has 0 radical (unpaired) electrons. The van der Waals surface area contributed by atoms with Gasteiger partial charge < -0.3 is 0 Å². The molecule has 28 heavy (non-hydrogen) atoms. The summed E-state index contributed by atoms with van der Waals surface area (Å²) in [5.74, 6) is -0.295. The molecule has 1 amide bonds. The number of hydrazone groups is 1. The fraction of sp³-hybridized carbons (Fsp3) is 0.333. The summed E-state index contributed by atoms with van der Waals surface area (Å²) >= 11 is 0. The summed E-state index contributed by atoms with van der Waals surface area (Å²) < 4.78 is 26.6. The van der Waals surface area contributed by atoms with E-state index in [1.54, 1.807) is 54.6 Å². The van der Waals surface area contributed by atoms with Crippen LogP contribution in [0.4, 0.5) is 5.69 Å². The molecule has 1 saturated carbocycles. The van der Waals surface area contributed by atoms with Crippen molar-refractivity contribution in [3.8, 4) is 0 Å². The minimum atomic E-state index is -3.64. The van der Waals surface area contributed by atoms with Crippen molar-refractivity contribution in [3.63, 3.8) is 0 Å². The first-order valence-electron chi connectivity index (χ1n) is 9.48. The average molecular weight is 400 g/mol. The highest BCUT2D eigenvalue weighted by Gasteiger charge is 2.21. The van der Waals surface area contributed by atoms with Crippen molar-refractivity contribution in [3.05, 3.63) is 60.2 Å². The van der Waals surface area contributed by atoms with E-state index in [1.807, 2.05) is 0 Å². The zero-order valence-corrected chi connectivity index (χ0v) is 16.8. The number of anilines is 1. The molecule has 7 heteroatoms. The van der Waals surface area contributed by atoms with Gasteiger partial charge in [0, 0.05) is 18.3 Å². The van der Waals surface area contributed by atoms with Crippen molar-refractivity contribution in [1.82, 2.24) is 5.43 Å². The van der Waals surface area contributed by atoms with E-state index < -0.39 is 10.0 Å². The van der Waals surface area contributed by atoms with Crippen molar-refractivity contribution < 1.29 is 13.2 Å². The van der Waals surface area contributed by atoms with Gasteiger partial charge >= 0.3 is 0 Å². The van der Waals surface area contributed by atoms with Crippen LogP contribution in [0.2, 0.25) is 0 Å². The molecule has 1 N–H and O–H groups in total. The quantitative estimate of drug-likeness (QED) is 0.611. The molecular formula is C21H25N3O3S. The first-order valence-corrected chi connectivity index (χ1v) is 10.9. The predicted octanol–water partition coefficient (Wildman–Crippen LogP) is 3.95. The Balaban J connectivity index is 1.69. The first-order chi connectivity index (χ1) is 13.5. The fourth-order valence-electron chi connectivity index (χ4n) is 3.15. The molecule has 1 fully saturated rings. The van der Waals surface area contributed by atoms with Gasteiger partial charge in [-0.15, -0.1) is 0 Å². The number of carbonyl (C=O) groups is 1. The molecule has 148 valence electrons. The lowest BCUT2D eigenvalue weighted by Crippen LogP contribution is -2.26.